The summed E-state index contributed by atoms with van der Waals surface area (Å²) in [6, 6.07) is 0. The molecule has 0 spiro atoms. The molecule has 0 aromatic carbocycles. The number of nitrogens with zero attached hydrogens (tertiary/aromatic N) is 3. The van der Waals surface area contributed by atoms with E-state index < -0.39 is 0 Å². The number of hydrogen-bond donors (Lipinski definition) is 0. The molecule has 1 amide bonds. The molecule has 0 atom stereocenters. The van der Waals surface area contributed by atoms with Crippen LogP contribution in [0.4, 0.5) is 0 Å². The van der Waals surface area contributed by atoms with Crippen molar-refractivity contribution in [3.05, 3.63) is 23.2 Å². The van der Waals surface area contributed by atoms with E-state index in [9.17, 15) is 4.79 Å². The van der Waals surface area contributed by atoms with E-state index in [0.717, 1.165) is 6.54 Å². The molecular weight excluding hydrogens is 250 g/mol. The van der Waals surface area contributed by atoms with Gasteiger partial charge in [0.15, 0.2) is 0 Å². The fourth-order valence-electron chi connectivity index (χ4n) is 2.46. The van der Waals surface area contributed by atoms with Crippen LogP contribution in [0.5, 0.6) is 0 Å². The van der Waals surface area contributed by atoms with Crippen molar-refractivity contribution < 1.29 is 4.79 Å². The van der Waals surface area contributed by atoms with Gasteiger partial charge in [0, 0.05) is 13.6 Å². The fourth-order valence-corrected chi connectivity index (χ4v) is 2.56. The Morgan fingerprint density at radius 1 is 1.33 bits per heavy atom. The molecule has 98 valence electrons. The zero-order valence-corrected chi connectivity index (χ0v) is 11.4. The van der Waals surface area contributed by atoms with Crippen molar-refractivity contribution >= 4 is 17.5 Å². The third kappa shape index (κ3) is 3.42. The second kappa shape index (κ2) is 6.14. The van der Waals surface area contributed by atoms with E-state index in [1.807, 2.05) is 7.05 Å². The second-order valence-corrected chi connectivity index (χ2v) is 5.30. The van der Waals surface area contributed by atoms with Crippen molar-refractivity contribution in [2.24, 2.45) is 5.92 Å². The molecule has 0 saturated heterocycles. The van der Waals surface area contributed by atoms with Gasteiger partial charge in [-0.05, 0) is 18.8 Å². The first-order valence-electron chi connectivity index (χ1n) is 6.40. The summed E-state index contributed by atoms with van der Waals surface area (Å²) in [5, 5.41) is 0.307. The van der Waals surface area contributed by atoms with Gasteiger partial charge in [-0.25, -0.2) is 9.97 Å². The van der Waals surface area contributed by atoms with E-state index in [1.165, 1.54) is 44.5 Å². The monoisotopic (exact) mass is 267 g/mol. The molecule has 18 heavy (non-hydrogen) atoms. The predicted octanol–water partition coefficient (Wildman–Crippen LogP) is 2.78. The molecule has 1 aromatic rings. The SMILES string of the molecule is CN(CC1CCCCC1)C(=O)c1cnc(Cl)cn1. The van der Waals surface area contributed by atoms with E-state index in [0.29, 0.717) is 16.8 Å². The van der Waals surface area contributed by atoms with E-state index in [1.54, 1.807) is 4.90 Å². The van der Waals surface area contributed by atoms with Crippen LogP contribution in [-0.2, 0) is 0 Å². The van der Waals surface area contributed by atoms with Gasteiger partial charge >= 0.3 is 0 Å². The number of hydrogen-bond acceptors (Lipinski definition) is 3. The summed E-state index contributed by atoms with van der Waals surface area (Å²) in [7, 11) is 1.83. The Bertz CT molecular complexity index is 401. The number of carbonyl (C=O) groups excluding carboxylic acids is 1. The quantitative estimate of drug-likeness (QED) is 0.846. The van der Waals surface area contributed by atoms with E-state index in [2.05, 4.69) is 9.97 Å². The van der Waals surface area contributed by atoms with Crippen LogP contribution in [-0.4, -0.2) is 34.4 Å². The molecule has 0 unspecified atom stereocenters. The minimum atomic E-state index is -0.0789. The molecule has 1 fully saturated rings. The average molecular weight is 268 g/mol. The van der Waals surface area contributed by atoms with Crippen LogP contribution in [0.2, 0.25) is 5.15 Å². The van der Waals surface area contributed by atoms with E-state index in [4.69, 9.17) is 11.6 Å². The van der Waals surface area contributed by atoms with Gasteiger partial charge < -0.3 is 4.90 Å². The standard InChI is InChI=1S/C13H18ClN3O/c1-17(9-10-5-3-2-4-6-10)13(18)11-7-16-12(14)8-15-11/h7-8,10H,2-6,9H2,1H3. The zero-order chi connectivity index (χ0) is 13.0. The van der Waals surface area contributed by atoms with Crippen LogP contribution < -0.4 is 0 Å². The number of rotatable bonds is 3. The van der Waals surface area contributed by atoms with Crippen LogP contribution in [0.25, 0.3) is 0 Å². The Balaban J connectivity index is 1.93. The number of aromatic nitrogens is 2. The van der Waals surface area contributed by atoms with Crippen molar-refractivity contribution in [1.29, 1.82) is 0 Å². The molecule has 0 N–H and O–H groups in total. The Morgan fingerprint density at radius 2 is 2.06 bits per heavy atom. The Kier molecular flexibility index (Phi) is 4.53. The summed E-state index contributed by atoms with van der Waals surface area (Å²) in [6.07, 6.45) is 9.19. The van der Waals surface area contributed by atoms with E-state index >= 15 is 0 Å². The highest BCUT2D eigenvalue weighted by Gasteiger charge is 2.19. The number of halogens is 1. The molecule has 0 aliphatic heterocycles. The van der Waals surface area contributed by atoms with Gasteiger partial charge in [-0.2, -0.15) is 0 Å². The summed E-state index contributed by atoms with van der Waals surface area (Å²) in [6.45, 7) is 0.809. The molecule has 5 heteroatoms. The van der Waals surface area contributed by atoms with E-state index in [-0.39, 0.29) is 5.91 Å². The highest BCUT2D eigenvalue weighted by atomic mass is 35.5. The maximum Gasteiger partial charge on any atom is 0.273 e. The number of carbonyl (C=O) groups is 1. The van der Waals surface area contributed by atoms with Crippen molar-refractivity contribution in [2.75, 3.05) is 13.6 Å². The molecule has 1 heterocycles. The third-order valence-electron chi connectivity index (χ3n) is 3.44. The normalized spacial score (nSPS) is 16.6. The van der Waals surface area contributed by atoms with Crippen molar-refractivity contribution in [2.45, 2.75) is 32.1 Å². The van der Waals surface area contributed by atoms with Gasteiger partial charge in [0.05, 0.1) is 12.4 Å². The van der Waals surface area contributed by atoms with Gasteiger partial charge in [0.1, 0.15) is 10.8 Å². The van der Waals surface area contributed by atoms with Crippen molar-refractivity contribution in [3.8, 4) is 0 Å². The molecule has 1 aliphatic carbocycles. The molecule has 0 radical (unpaired) electrons. The van der Waals surface area contributed by atoms with Crippen LogP contribution in [0.15, 0.2) is 12.4 Å². The molecule has 1 aromatic heterocycles. The Labute approximate surface area is 112 Å². The first kappa shape index (κ1) is 13.3. The van der Waals surface area contributed by atoms with Crippen LogP contribution in [0.1, 0.15) is 42.6 Å². The lowest BCUT2D eigenvalue weighted by molar-refractivity contribution is 0.0754. The van der Waals surface area contributed by atoms with Gasteiger partial charge in [-0.15, -0.1) is 0 Å². The zero-order valence-electron chi connectivity index (χ0n) is 10.6. The lowest BCUT2D eigenvalue weighted by Crippen LogP contribution is -2.33. The molecule has 0 bridgehead atoms. The van der Waals surface area contributed by atoms with Crippen LogP contribution in [0.3, 0.4) is 0 Å². The number of amides is 1. The largest absolute Gasteiger partial charge is 0.340 e. The molecular formula is C13H18ClN3O. The first-order valence-corrected chi connectivity index (χ1v) is 6.77. The summed E-state index contributed by atoms with van der Waals surface area (Å²) >= 11 is 5.65. The van der Waals surface area contributed by atoms with Crippen molar-refractivity contribution in [3.63, 3.8) is 0 Å². The summed E-state index contributed by atoms with van der Waals surface area (Å²) in [4.78, 5) is 21.7. The van der Waals surface area contributed by atoms with Crippen LogP contribution in [0, 0.1) is 5.92 Å². The lowest BCUT2D eigenvalue weighted by atomic mass is 9.89. The lowest BCUT2D eigenvalue weighted by Gasteiger charge is -2.26. The highest BCUT2D eigenvalue weighted by molar-refractivity contribution is 6.29. The molecule has 1 aliphatic rings. The summed E-state index contributed by atoms with van der Waals surface area (Å²) in [5.41, 5.74) is 0.359. The molecule has 4 nitrogen and oxygen atoms in total. The molecule has 1 saturated carbocycles. The maximum absolute atomic E-state index is 12.1. The molecule has 2 rings (SSSR count). The minimum absolute atomic E-state index is 0.0789. The summed E-state index contributed by atoms with van der Waals surface area (Å²) < 4.78 is 0. The van der Waals surface area contributed by atoms with Gasteiger partial charge in [-0.1, -0.05) is 30.9 Å². The van der Waals surface area contributed by atoms with Gasteiger partial charge in [0.2, 0.25) is 0 Å². The highest BCUT2D eigenvalue weighted by Crippen LogP contribution is 2.24. The van der Waals surface area contributed by atoms with Crippen molar-refractivity contribution in [1.82, 2.24) is 14.9 Å². The topological polar surface area (TPSA) is 46.1 Å². The Hall–Kier alpha value is -1.16. The average Bonchev–Trinajstić information content (AvgIpc) is 2.40. The fraction of sp³-hybridized carbons (Fsp3) is 0.615. The van der Waals surface area contributed by atoms with Crippen LogP contribution >= 0.6 is 11.6 Å². The summed E-state index contributed by atoms with van der Waals surface area (Å²) in [5.74, 6) is 0.553. The smallest absolute Gasteiger partial charge is 0.273 e. The second-order valence-electron chi connectivity index (χ2n) is 4.91. The third-order valence-corrected chi connectivity index (χ3v) is 3.64. The van der Waals surface area contributed by atoms with Gasteiger partial charge in [-0.3, -0.25) is 4.79 Å². The first-order chi connectivity index (χ1) is 8.66. The maximum atomic E-state index is 12.1. The minimum Gasteiger partial charge on any atom is -0.340 e. The van der Waals surface area contributed by atoms with Gasteiger partial charge in [0.25, 0.3) is 5.91 Å². The predicted molar refractivity (Wildman–Crippen MR) is 70.6 cm³/mol. The Morgan fingerprint density at radius 3 is 2.67 bits per heavy atom.